The second-order valence-electron chi connectivity index (χ2n) is 4.01. The minimum atomic E-state index is -0.340. The van der Waals surface area contributed by atoms with Gasteiger partial charge in [0.05, 0.1) is 17.9 Å². The summed E-state index contributed by atoms with van der Waals surface area (Å²) in [5, 5.41) is 2.79. The molecule has 6 heteroatoms. The van der Waals surface area contributed by atoms with E-state index in [-0.39, 0.29) is 12.0 Å². The molecule has 0 saturated carbocycles. The Labute approximate surface area is 119 Å². The first-order valence-corrected chi connectivity index (χ1v) is 6.59. The predicted octanol–water partition coefficient (Wildman–Crippen LogP) is 2.51. The molecule has 1 fully saturated rings. The molecule has 1 N–H and O–H groups in total. The average Bonchev–Trinajstić information content (AvgIpc) is 2.71. The van der Waals surface area contributed by atoms with E-state index in [4.69, 9.17) is 4.74 Å². The fourth-order valence-electron chi connectivity index (χ4n) is 1.90. The number of rotatable bonds is 2. The third-order valence-corrected chi connectivity index (χ3v) is 3.64. The van der Waals surface area contributed by atoms with Crippen LogP contribution in [-0.2, 0) is 9.53 Å². The van der Waals surface area contributed by atoms with Crippen molar-refractivity contribution in [3.63, 3.8) is 0 Å². The Morgan fingerprint density at radius 2 is 2.22 bits per heavy atom. The number of anilines is 2. The average molecular weight is 360 g/mol. The molecule has 1 aliphatic rings. The van der Waals surface area contributed by atoms with Gasteiger partial charge in [-0.25, -0.2) is 4.79 Å². The van der Waals surface area contributed by atoms with E-state index in [1.54, 1.807) is 4.90 Å². The number of hydrogen-bond acceptors (Lipinski definition) is 3. The number of halogens is 1. The minimum absolute atomic E-state index is 0.128. The van der Waals surface area contributed by atoms with E-state index in [2.05, 4.69) is 27.9 Å². The number of amides is 2. The highest BCUT2D eigenvalue weighted by atomic mass is 127. The maximum atomic E-state index is 11.6. The zero-order chi connectivity index (χ0) is 13.3. The molecule has 1 aromatic carbocycles. The Morgan fingerprint density at radius 1 is 1.50 bits per heavy atom. The molecule has 0 spiro atoms. The number of nitrogens with zero attached hydrogens (tertiary/aromatic N) is 1. The van der Waals surface area contributed by atoms with Crippen LogP contribution in [0.4, 0.5) is 16.2 Å². The fraction of sp³-hybridized carbons (Fsp3) is 0.333. The maximum Gasteiger partial charge on any atom is 0.414 e. The van der Waals surface area contributed by atoms with Crippen LogP contribution in [0.25, 0.3) is 0 Å². The monoisotopic (exact) mass is 360 g/mol. The molecule has 5 nitrogen and oxygen atoms in total. The van der Waals surface area contributed by atoms with Crippen molar-refractivity contribution in [2.45, 2.75) is 13.8 Å². The third kappa shape index (κ3) is 2.43. The summed E-state index contributed by atoms with van der Waals surface area (Å²) in [5.74, 6) is -0.128. The van der Waals surface area contributed by atoms with Crippen molar-refractivity contribution >= 4 is 46.0 Å². The highest BCUT2D eigenvalue weighted by Crippen LogP contribution is 2.32. The molecule has 0 bridgehead atoms. The molecule has 0 aliphatic carbocycles. The van der Waals surface area contributed by atoms with Crippen molar-refractivity contribution in [3.05, 3.63) is 21.3 Å². The first kappa shape index (κ1) is 13.1. The van der Waals surface area contributed by atoms with Crippen molar-refractivity contribution in [1.29, 1.82) is 0 Å². The number of carbonyl (C=O) groups excluding carboxylic acids is 2. The molecule has 1 aliphatic heterocycles. The first-order valence-electron chi connectivity index (χ1n) is 5.51. The van der Waals surface area contributed by atoms with Crippen molar-refractivity contribution < 1.29 is 14.3 Å². The molecule has 0 radical (unpaired) electrons. The van der Waals surface area contributed by atoms with Gasteiger partial charge in [0.1, 0.15) is 6.61 Å². The number of cyclic esters (lactones) is 1. The summed E-state index contributed by atoms with van der Waals surface area (Å²) in [5.41, 5.74) is 2.40. The molecule has 0 atom stereocenters. The molecule has 1 aromatic rings. The highest BCUT2D eigenvalue weighted by Gasteiger charge is 2.26. The third-order valence-electron chi connectivity index (χ3n) is 2.74. The zero-order valence-corrected chi connectivity index (χ0v) is 12.3. The van der Waals surface area contributed by atoms with E-state index in [9.17, 15) is 9.59 Å². The summed E-state index contributed by atoms with van der Waals surface area (Å²) in [6.45, 7) is 4.29. The molecule has 1 saturated heterocycles. The van der Waals surface area contributed by atoms with Gasteiger partial charge in [-0.1, -0.05) is 0 Å². The van der Waals surface area contributed by atoms with Crippen molar-refractivity contribution in [2.75, 3.05) is 23.4 Å². The normalized spacial score (nSPS) is 14.6. The lowest BCUT2D eigenvalue weighted by Gasteiger charge is -2.19. The topological polar surface area (TPSA) is 58.6 Å². The van der Waals surface area contributed by atoms with E-state index >= 15 is 0 Å². The first-order chi connectivity index (χ1) is 8.50. The quantitative estimate of drug-likeness (QED) is 0.825. The van der Waals surface area contributed by atoms with Gasteiger partial charge < -0.3 is 10.1 Å². The van der Waals surface area contributed by atoms with Gasteiger partial charge in [-0.2, -0.15) is 0 Å². The van der Waals surface area contributed by atoms with Crippen LogP contribution < -0.4 is 10.2 Å². The van der Waals surface area contributed by atoms with Crippen LogP contribution in [0.1, 0.15) is 12.5 Å². The second kappa shape index (κ2) is 5.13. The highest BCUT2D eigenvalue weighted by molar-refractivity contribution is 14.1. The summed E-state index contributed by atoms with van der Waals surface area (Å²) in [4.78, 5) is 24.3. The van der Waals surface area contributed by atoms with E-state index in [0.717, 1.165) is 20.5 Å². The molecular formula is C12H13IN2O3. The smallest absolute Gasteiger partial charge is 0.414 e. The Balaban J connectivity index is 2.43. The van der Waals surface area contributed by atoms with E-state index in [1.165, 1.54) is 6.92 Å². The van der Waals surface area contributed by atoms with Crippen LogP contribution in [0.15, 0.2) is 12.1 Å². The van der Waals surface area contributed by atoms with Gasteiger partial charge in [-0.15, -0.1) is 0 Å². The summed E-state index contributed by atoms with van der Waals surface area (Å²) in [7, 11) is 0. The Bertz CT molecular complexity index is 516. The number of carbonyl (C=O) groups is 2. The predicted molar refractivity (Wildman–Crippen MR) is 76.9 cm³/mol. The number of ether oxygens (including phenoxy) is 1. The van der Waals surface area contributed by atoms with E-state index in [0.29, 0.717) is 13.2 Å². The Morgan fingerprint density at radius 3 is 2.78 bits per heavy atom. The lowest BCUT2D eigenvalue weighted by molar-refractivity contribution is -0.114. The van der Waals surface area contributed by atoms with E-state index in [1.807, 2.05) is 19.1 Å². The fourth-order valence-corrected chi connectivity index (χ4v) is 2.62. The maximum absolute atomic E-state index is 11.6. The minimum Gasteiger partial charge on any atom is -0.447 e. The van der Waals surface area contributed by atoms with Gasteiger partial charge in [0.15, 0.2) is 0 Å². The standard InChI is InChI=1S/C12H13IN2O3/c1-7-10(15-5-6-18-12(15)17)4-3-9(13)11(7)14-8(2)16/h3-4H,5-6H2,1-2H3,(H,14,16). The van der Waals surface area contributed by atoms with Gasteiger partial charge in [0.25, 0.3) is 0 Å². The lowest BCUT2D eigenvalue weighted by atomic mass is 10.1. The van der Waals surface area contributed by atoms with Crippen LogP contribution >= 0.6 is 22.6 Å². The summed E-state index contributed by atoms with van der Waals surface area (Å²) < 4.78 is 5.87. The number of benzene rings is 1. The van der Waals surface area contributed by atoms with Gasteiger partial charge >= 0.3 is 6.09 Å². The van der Waals surface area contributed by atoms with Gasteiger partial charge in [-0.3, -0.25) is 9.69 Å². The van der Waals surface area contributed by atoms with Crippen LogP contribution in [0, 0.1) is 10.5 Å². The zero-order valence-electron chi connectivity index (χ0n) is 10.1. The van der Waals surface area contributed by atoms with Crippen LogP contribution in [0.3, 0.4) is 0 Å². The number of hydrogen-bond donors (Lipinski definition) is 1. The van der Waals surface area contributed by atoms with Crippen molar-refractivity contribution in [2.24, 2.45) is 0 Å². The van der Waals surface area contributed by atoms with Crippen molar-refractivity contribution in [1.82, 2.24) is 0 Å². The molecule has 0 aromatic heterocycles. The Hall–Kier alpha value is -1.31. The summed E-state index contributed by atoms with van der Waals surface area (Å²) in [6, 6.07) is 3.74. The van der Waals surface area contributed by atoms with Crippen molar-refractivity contribution in [3.8, 4) is 0 Å². The van der Waals surface area contributed by atoms with Gasteiger partial charge in [0.2, 0.25) is 5.91 Å². The SMILES string of the molecule is CC(=O)Nc1c(I)ccc(N2CCOC2=O)c1C. The molecule has 2 rings (SSSR count). The second-order valence-corrected chi connectivity index (χ2v) is 5.18. The van der Waals surface area contributed by atoms with Crippen LogP contribution in [0.2, 0.25) is 0 Å². The molecule has 2 amide bonds. The summed E-state index contributed by atoms with van der Waals surface area (Å²) in [6.07, 6.45) is -0.340. The molecule has 96 valence electrons. The van der Waals surface area contributed by atoms with Crippen LogP contribution in [-0.4, -0.2) is 25.2 Å². The molecule has 18 heavy (non-hydrogen) atoms. The van der Waals surface area contributed by atoms with Gasteiger partial charge in [-0.05, 0) is 47.2 Å². The molecule has 0 unspecified atom stereocenters. The molecular weight excluding hydrogens is 347 g/mol. The van der Waals surface area contributed by atoms with Crippen LogP contribution in [0.5, 0.6) is 0 Å². The molecule has 1 heterocycles. The number of nitrogens with one attached hydrogen (secondary N) is 1. The Kier molecular flexibility index (Phi) is 3.74. The van der Waals surface area contributed by atoms with Gasteiger partial charge in [0, 0.05) is 10.5 Å². The summed E-state index contributed by atoms with van der Waals surface area (Å²) >= 11 is 2.16. The van der Waals surface area contributed by atoms with E-state index < -0.39 is 0 Å². The largest absolute Gasteiger partial charge is 0.447 e. The lowest BCUT2D eigenvalue weighted by Crippen LogP contribution is -2.24.